The molecule has 3 heteroatoms. The minimum atomic E-state index is 0.620. The van der Waals surface area contributed by atoms with Gasteiger partial charge in [-0.1, -0.05) is 6.07 Å². The fraction of sp³-hybridized carbons (Fsp3) is 0.0833. The van der Waals surface area contributed by atoms with E-state index in [9.17, 15) is 0 Å². The lowest BCUT2D eigenvalue weighted by Crippen LogP contribution is -1.86. The van der Waals surface area contributed by atoms with Crippen molar-refractivity contribution in [3.05, 3.63) is 48.7 Å². The number of benzene rings is 1. The van der Waals surface area contributed by atoms with E-state index in [1.807, 2.05) is 42.5 Å². The first-order valence-corrected chi connectivity index (χ1v) is 5.84. The Bertz CT molecular complexity index is 413. The van der Waals surface area contributed by atoms with Crippen LogP contribution in [0.15, 0.2) is 53.6 Å². The summed E-state index contributed by atoms with van der Waals surface area (Å²) < 4.78 is 5.56. The van der Waals surface area contributed by atoms with Gasteiger partial charge in [0, 0.05) is 17.2 Å². The molecule has 1 aromatic heterocycles. The Balaban J connectivity index is 2.11. The average molecular weight is 217 g/mol. The average Bonchev–Trinajstić information content (AvgIpc) is 2.31. The highest BCUT2D eigenvalue weighted by Gasteiger charge is 1.97. The van der Waals surface area contributed by atoms with Crippen LogP contribution in [-0.2, 0) is 0 Å². The predicted molar refractivity (Wildman–Crippen MR) is 62.5 cm³/mol. The molecule has 76 valence electrons. The molecule has 0 N–H and O–H groups in total. The van der Waals surface area contributed by atoms with Crippen LogP contribution in [-0.4, -0.2) is 11.2 Å². The van der Waals surface area contributed by atoms with Crippen LogP contribution in [0.4, 0.5) is 0 Å². The molecule has 0 saturated heterocycles. The molecular weight excluding hydrogens is 206 g/mol. The van der Waals surface area contributed by atoms with Crippen LogP contribution in [0.2, 0.25) is 0 Å². The van der Waals surface area contributed by atoms with Crippen molar-refractivity contribution in [2.45, 2.75) is 4.90 Å². The first-order chi connectivity index (χ1) is 7.38. The van der Waals surface area contributed by atoms with Gasteiger partial charge in [0.05, 0.1) is 0 Å². The van der Waals surface area contributed by atoms with E-state index in [0.717, 1.165) is 5.75 Å². The fourth-order valence-corrected chi connectivity index (χ4v) is 1.58. The standard InChI is InChI=1S/C12H11NOS/c1-15-11-7-5-10(6-8-11)14-12-4-2-3-9-13-12/h2-9H,1H3. The lowest BCUT2D eigenvalue weighted by molar-refractivity contribution is 0.462. The Morgan fingerprint density at radius 3 is 2.47 bits per heavy atom. The lowest BCUT2D eigenvalue weighted by Gasteiger charge is -2.04. The second-order valence-corrected chi connectivity index (χ2v) is 3.83. The molecule has 2 nitrogen and oxygen atoms in total. The topological polar surface area (TPSA) is 22.1 Å². The number of rotatable bonds is 3. The summed E-state index contributed by atoms with van der Waals surface area (Å²) in [6.07, 6.45) is 3.76. The van der Waals surface area contributed by atoms with Crippen LogP contribution >= 0.6 is 11.8 Å². The van der Waals surface area contributed by atoms with Crippen molar-refractivity contribution in [1.82, 2.24) is 4.98 Å². The third kappa shape index (κ3) is 2.73. The highest BCUT2D eigenvalue weighted by Crippen LogP contribution is 2.22. The molecule has 0 amide bonds. The smallest absolute Gasteiger partial charge is 0.219 e. The van der Waals surface area contributed by atoms with Gasteiger partial charge in [-0.15, -0.1) is 11.8 Å². The number of ether oxygens (including phenoxy) is 1. The van der Waals surface area contributed by atoms with E-state index in [0.29, 0.717) is 5.88 Å². The van der Waals surface area contributed by atoms with Crippen molar-refractivity contribution in [1.29, 1.82) is 0 Å². The Hall–Kier alpha value is -1.48. The molecule has 1 heterocycles. The van der Waals surface area contributed by atoms with Gasteiger partial charge in [0.1, 0.15) is 5.75 Å². The summed E-state index contributed by atoms with van der Waals surface area (Å²) >= 11 is 1.71. The Morgan fingerprint density at radius 1 is 1.07 bits per heavy atom. The van der Waals surface area contributed by atoms with Crippen molar-refractivity contribution < 1.29 is 4.74 Å². The molecule has 2 rings (SSSR count). The minimum Gasteiger partial charge on any atom is -0.439 e. The van der Waals surface area contributed by atoms with Crippen LogP contribution in [0.25, 0.3) is 0 Å². The van der Waals surface area contributed by atoms with Crippen molar-refractivity contribution >= 4 is 11.8 Å². The van der Waals surface area contributed by atoms with Crippen molar-refractivity contribution in [3.63, 3.8) is 0 Å². The molecule has 0 fully saturated rings. The van der Waals surface area contributed by atoms with Gasteiger partial charge < -0.3 is 4.74 Å². The van der Waals surface area contributed by atoms with E-state index in [1.165, 1.54) is 4.90 Å². The van der Waals surface area contributed by atoms with Crippen LogP contribution in [0.1, 0.15) is 0 Å². The molecule has 0 aliphatic carbocycles. The number of pyridine rings is 1. The first kappa shape index (κ1) is 10.1. The van der Waals surface area contributed by atoms with Crippen LogP contribution in [0.3, 0.4) is 0 Å². The molecule has 1 aromatic carbocycles. The summed E-state index contributed by atoms with van der Waals surface area (Å²) in [6, 6.07) is 13.6. The molecular formula is C12H11NOS. The van der Waals surface area contributed by atoms with Gasteiger partial charge in [0.25, 0.3) is 0 Å². The van der Waals surface area contributed by atoms with Crippen LogP contribution in [0, 0.1) is 0 Å². The second kappa shape index (κ2) is 4.84. The summed E-state index contributed by atoms with van der Waals surface area (Å²) in [5.41, 5.74) is 0. The maximum absolute atomic E-state index is 5.56. The van der Waals surface area contributed by atoms with Gasteiger partial charge in [-0.25, -0.2) is 4.98 Å². The van der Waals surface area contributed by atoms with E-state index in [-0.39, 0.29) is 0 Å². The molecule has 15 heavy (non-hydrogen) atoms. The van der Waals surface area contributed by atoms with E-state index in [1.54, 1.807) is 18.0 Å². The van der Waals surface area contributed by atoms with Crippen LogP contribution in [0.5, 0.6) is 11.6 Å². The van der Waals surface area contributed by atoms with Crippen molar-refractivity contribution in [2.75, 3.05) is 6.26 Å². The highest BCUT2D eigenvalue weighted by molar-refractivity contribution is 7.98. The number of hydrogen-bond acceptors (Lipinski definition) is 3. The summed E-state index contributed by atoms with van der Waals surface area (Å²) in [5, 5.41) is 0. The Labute approximate surface area is 93.3 Å². The van der Waals surface area contributed by atoms with Gasteiger partial charge >= 0.3 is 0 Å². The first-order valence-electron chi connectivity index (χ1n) is 4.61. The summed E-state index contributed by atoms with van der Waals surface area (Å²) in [7, 11) is 0. The van der Waals surface area contributed by atoms with Crippen molar-refractivity contribution in [2.24, 2.45) is 0 Å². The maximum Gasteiger partial charge on any atom is 0.219 e. The van der Waals surface area contributed by atoms with Crippen LogP contribution < -0.4 is 4.74 Å². The van der Waals surface area contributed by atoms with Gasteiger partial charge in [0.2, 0.25) is 5.88 Å². The van der Waals surface area contributed by atoms with Gasteiger partial charge in [-0.2, -0.15) is 0 Å². The quantitative estimate of drug-likeness (QED) is 0.733. The lowest BCUT2D eigenvalue weighted by atomic mass is 10.3. The molecule has 2 aromatic rings. The number of aromatic nitrogens is 1. The SMILES string of the molecule is CSc1ccc(Oc2ccccn2)cc1. The van der Waals surface area contributed by atoms with E-state index in [4.69, 9.17) is 4.74 Å². The molecule has 0 aliphatic heterocycles. The fourth-order valence-electron chi connectivity index (χ4n) is 1.17. The molecule has 0 bridgehead atoms. The number of thioether (sulfide) groups is 1. The summed E-state index contributed by atoms with van der Waals surface area (Å²) in [5.74, 6) is 1.43. The normalized spacial score (nSPS) is 9.93. The second-order valence-electron chi connectivity index (χ2n) is 2.95. The zero-order chi connectivity index (χ0) is 10.5. The molecule has 0 radical (unpaired) electrons. The monoisotopic (exact) mass is 217 g/mol. The van der Waals surface area contributed by atoms with Gasteiger partial charge in [-0.3, -0.25) is 0 Å². The molecule has 0 aliphatic rings. The van der Waals surface area contributed by atoms with E-state index in [2.05, 4.69) is 11.2 Å². The van der Waals surface area contributed by atoms with Gasteiger partial charge in [0.15, 0.2) is 0 Å². The summed E-state index contributed by atoms with van der Waals surface area (Å²) in [6.45, 7) is 0. The maximum atomic E-state index is 5.56. The van der Waals surface area contributed by atoms with Crippen molar-refractivity contribution in [3.8, 4) is 11.6 Å². The Morgan fingerprint density at radius 2 is 1.87 bits per heavy atom. The molecule has 0 spiro atoms. The molecule has 0 unspecified atom stereocenters. The third-order valence-corrected chi connectivity index (χ3v) is 2.66. The number of nitrogens with zero attached hydrogens (tertiary/aromatic N) is 1. The summed E-state index contributed by atoms with van der Waals surface area (Å²) in [4.78, 5) is 5.31. The molecule has 0 saturated carbocycles. The zero-order valence-corrected chi connectivity index (χ0v) is 9.20. The minimum absolute atomic E-state index is 0.620. The third-order valence-electron chi connectivity index (χ3n) is 1.92. The molecule has 0 atom stereocenters. The van der Waals surface area contributed by atoms with Gasteiger partial charge in [-0.05, 0) is 36.6 Å². The highest BCUT2D eigenvalue weighted by atomic mass is 32.2. The number of hydrogen-bond donors (Lipinski definition) is 0. The largest absolute Gasteiger partial charge is 0.439 e. The Kier molecular flexibility index (Phi) is 3.25. The zero-order valence-electron chi connectivity index (χ0n) is 8.38. The predicted octanol–water partition coefficient (Wildman–Crippen LogP) is 3.60. The van der Waals surface area contributed by atoms with E-state index < -0.39 is 0 Å². The van der Waals surface area contributed by atoms with E-state index >= 15 is 0 Å².